The molecule has 2 N–H and O–H groups in total. The molecule has 1 heterocycles. The van der Waals surface area contributed by atoms with Gasteiger partial charge in [-0.05, 0) is 30.7 Å². The zero-order valence-corrected chi connectivity index (χ0v) is 11.7. The number of thioether (sulfide) groups is 1. The van der Waals surface area contributed by atoms with Crippen LogP contribution < -0.4 is 5.73 Å². The number of furan rings is 1. The molecule has 0 aliphatic rings. The van der Waals surface area contributed by atoms with E-state index in [-0.39, 0.29) is 11.3 Å². The highest BCUT2D eigenvalue weighted by molar-refractivity contribution is 7.99. The second-order valence-electron chi connectivity index (χ2n) is 4.06. The Labute approximate surface area is 117 Å². The lowest BCUT2D eigenvalue weighted by atomic mass is 10.1. The van der Waals surface area contributed by atoms with Crippen molar-refractivity contribution in [3.05, 3.63) is 53.4 Å². The highest BCUT2D eigenvalue weighted by Crippen LogP contribution is 2.40. The van der Waals surface area contributed by atoms with Crippen LogP contribution in [0.15, 0.2) is 52.0 Å². The van der Waals surface area contributed by atoms with Gasteiger partial charge >= 0.3 is 0 Å². The van der Waals surface area contributed by atoms with Crippen molar-refractivity contribution in [1.82, 2.24) is 0 Å². The fourth-order valence-corrected chi connectivity index (χ4v) is 3.20. The zero-order valence-electron chi connectivity index (χ0n) is 10.2. The standard InChI is InChI=1S/C14H16ClNOS/c1-2-11(16)14(12-7-5-9-17-12)18-13-8-4-3-6-10(13)15/h3-9,11,14H,2,16H2,1H3. The van der Waals surface area contributed by atoms with E-state index in [4.69, 9.17) is 21.8 Å². The van der Waals surface area contributed by atoms with Crippen molar-refractivity contribution in [2.75, 3.05) is 0 Å². The average molecular weight is 282 g/mol. The van der Waals surface area contributed by atoms with Crippen molar-refractivity contribution >= 4 is 23.4 Å². The molecule has 0 saturated heterocycles. The van der Waals surface area contributed by atoms with Crippen molar-refractivity contribution in [2.45, 2.75) is 29.5 Å². The molecular weight excluding hydrogens is 266 g/mol. The summed E-state index contributed by atoms with van der Waals surface area (Å²) in [7, 11) is 0. The van der Waals surface area contributed by atoms with E-state index in [1.807, 2.05) is 36.4 Å². The number of nitrogens with two attached hydrogens (primary N) is 1. The van der Waals surface area contributed by atoms with E-state index in [2.05, 4.69) is 6.92 Å². The summed E-state index contributed by atoms with van der Waals surface area (Å²) in [5.74, 6) is 0.897. The molecule has 2 aromatic rings. The first kappa shape index (κ1) is 13.5. The Balaban J connectivity index is 2.24. The summed E-state index contributed by atoms with van der Waals surface area (Å²) >= 11 is 7.84. The second-order valence-corrected chi connectivity index (χ2v) is 5.65. The number of hydrogen-bond donors (Lipinski definition) is 1. The SMILES string of the molecule is CCC(N)C(Sc1ccccc1Cl)c1ccco1. The summed E-state index contributed by atoms with van der Waals surface area (Å²) < 4.78 is 5.49. The van der Waals surface area contributed by atoms with Gasteiger partial charge in [-0.25, -0.2) is 0 Å². The van der Waals surface area contributed by atoms with E-state index < -0.39 is 0 Å². The van der Waals surface area contributed by atoms with Crippen molar-refractivity contribution in [3.8, 4) is 0 Å². The van der Waals surface area contributed by atoms with Gasteiger partial charge in [0.1, 0.15) is 5.76 Å². The molecule has 2 nitrogen and oxygen atoms in total. The summed E-state index contributed by atoms with van der Waals surface area (Å²) in [6.07, 6.45) is 2.57. The van der Waals surface area contributed by atoms with Gasteiger partial charge in [0.15, 0.2) is 0 Å². The van der Waals surface area contributed by atoms with Crippen LogP contribution in [0.25, 0.3) is 0 Å². The van der Waals surface area contributed by atoms with Crippen LogP contribution in [0, 0.1) is 0 Å². The maximum Gasteiger partial charge on any atom is 0.118 e. The Morgan fingerprint density at radius 3 is 2.67 bits per heavy atom. The molecule has 18 heavy (non-hydrogen) atoms. The predicted molar refractivity (Wildman–Crippen MR) is 77.0 cm³/mol. The third kappa shape index (κ3) is 3.10. The average Bonchev–Trinajstić information content (AvgIpc) is 2.90. The molecule has 0 amide bonds. The minimum absolute atomic E-state index is 0.0393. The normalized spacial score (nSPS) is 14.4. The number of rotatable bonds is 5. The molecule has 1 aromatic heterocycles. The van der Waals surface area contributed by atoms with Gasteiger partial charge in [-0.1, -0.05) is 30.7 Å². The van der Waals surface area contributed by atoms with Crippen LogP contribution in [0.4, 0.5) is 0 Å². The van der Waals surface area contributed by atoms with E-state index in [9.17, 15) is 0 Å². The van der Waals surface area contributed by atoms with Gasteiger partial charge < -0.3 is 10.2 Å². The molecule has 0 fully saturated rings. The van der Waals surface area contributed by atoms with Crippen LogP contribution in [-0.2, 0) is 0 Å². The first-order valence-electron chi connectivity index (χ1n) is 5.92. The Morgan fingerprint density at radius 2 is 2.06 bits per heavy atom. The molecule has 0 aliphatic heterocycles. The highest BCUT2D eigenvalue weighted by Gasteiger charge is 2.23. The molecular formula is C14H16ClNOS. The minimum Gasteiger partial charge on any atom is -0.468 e. The Morgan fingerprint density at radius 1 is 1.28 bits per heavy atom. The predicted octanol–water partition coefficient (Wildman–Crippen LogP) is 4.50. The Bertz CT molecular complexity index is 486. The third-order valence-corrected chi connectivity index (χ3v) is 4.66. The van der Waals surface area contributed by atoms with E-state index >= 15 is 0 Å². The molecule has 0 radical (unpaired) electrons. The molecule has 4 heteroatoms. The van der Waals surface area contributed by atoms with E-state index in [1.165, 1.54) is 0 Å². The largest absolute Gasteiger partial charge is 0.468 e. The summed E-state index contributed by atoms with van der Waals surface area (Å²) in [5, 5.41) is 0.840. The van der Waals surface area contributed by atoms with Gasteiger partial charge in [0.25, 0.3) is 0 Å². The van der Waals surface area contributed by atoms with Gasteiger partial charge in [-0.3, -0.25) is 0 Å². The van der Waals surface area contributed by atoms with Gasteiger partial charge in [-0.2, -0.15) is 0 Å². The number of hydrogen-bond acceptors (Lipinski definition) is 3. The zero-order chi connectivity index (χ0) is 13.0. The van der Waals surface area contributed by atoms with Crippen molar-refractivity contribution in [3.63, 3.8) is 0 Å². The molecule has 0 spiro atoms. The number of halogens is 1. The first-order chi connectivity index (χ1) is 8.72. The molecule has 0 aliphatic carbocycles. The van der Waals surface area contributed by atoms with Gasteiger partial charge in [0.05, 0.1) is 16.5 Å². The quantitative estimate of drug-likeness (QED) is 0.820. The Hall–Kier alpha value is -0.900. The van der Waals surface area contributed by atoms with Crippen LogP contribution >= 0.6 is 23.4 Å². The molecule has 2 unspecified atom stereocenters. The topological polar surface area (TPSA) is 39.2 Å². The Kier molecular flexibility index (Phi) is 4.75. The molecule has 1 aromatic carbocycles. The fraction of sp³-hybridized carbons (Fsp3) is 0.286. The monoisotopic (exact) mass is 281 g/mol. The van der Waals surface area contributed by atoms with Gasteiger partial charge in [0, 0.05) is 10.9 Å². The summed E-state index contributed by atoms with van der Waals surface area (Å²) in [5.41, 5.74) is 6.18. The fourth-order valence-electron chi connectivity index (χ4n) is 1.70. The summed E-state index contributed by atoms with van der Waals surface area (Å²) in [4.78, 5) is 1.03. The molecule has 0 saturated carbocycles. The summed E-state index contributed by atoms with van der Waals surface area (Å²) in [6.45, 7) is 2.08. The van der Waals surface area contributed by atoms with E-state index in [1.54, 1.807) is 18.0 Å². The van der Waals surface area contributed by atoms with Crippen LogP contribution in [0.3, 0.4) is 0 Å². The van der Waals surface area contributed by atoms with E-state index in [0.717, 1.165) is 22.1 Å². The van der Waals surface area contributed by atoms with Crippen LogP contribution in [0.2, 0.25) is 5.02 Å². The first-order valence-corrected chi connectivity index (χ1v) is 7.18. The van der Waals surface area contributed by atoms with Crippen molar-refractivity contribution < 1.29 is 4.42 Å². The van der Waals surface area contributed by atoms with Crippen LogP contribution in [0.1, 0.15) is 24.4 Å². The second kappa shape index (κ2) is 6.32. The third-order valence-electron chi connectivity index (χ3n) is 2.77. The van der Waals surface area contributed by atoms with Crippen LogP contribution in [0.5, 0.6) is 0 Å². The highest BCUT2D eigenvalue weighted by atomic mass is 35.5. The van der Waals surface area contributed by atoms with Crippen LogP contribution in [-0.4, -0.2) is 6.04 Å². The van der Waals surface area contributed by atoms with E-state index in [0.29, 0.717) is 0 Å². The lowest BCUT2D eigenvalue weighted by Crippen LogP contribution is -2.25. The van der Waals surface area contributed by atoms with Gasteiger partial charge in [-0.15, -0.1) is 11.8 Å². The summed E-state index contributed by atoms with van der Waals surface area (Å²) in [6, 6.07) is 11.7. The maximum absolute atomic E-state index is 6.19. The molecule has 2 atom stereocenters. The molecule has 96 valence electrons. The molecule has 0 bridgehead atoms. The lowest BCUT2D eigenvalue weighted by Gasteiger charge is -2.20. The molecule has 2 rings (SSSR count). The minimum atomic E-state index is 0.0393. The van der Waals surface area contributed by atoms with Crippen molar-refractivity contribution in [2.24, 2.45) is 5.73 Å². The van der Waals surface area contributed by atoms with Gasteiger partial charge in [0.2, 0.25) is 0 Å². The maximum atomic E-state index is 6.19. The number of benzene rings is 1. The van der Waals surface area contributed by atoms with Crippen molar-refractivity contribution in [1.29, 1.82) is 0 Å². The smallest absolute Gasteiger partial charge is 0.118 e. The lowest BCUT2D eigenvalue weighted by molar-refractivity contribution is 0.474.